The lowest BCUT2D eigenvalue weighted by Gasteiger charge is -2.13. The van der Waals surface area contributed by atoms with Gasteiger partial charge in [0.05, 0.1) is 11.0 Å². The Bertz CT molecular complexity index is 554. The van der Waals surface area contributed by atoms with Crippen LogP contribution in [-0.2, 0) is 9.53 Å². The van der Waals surface area contributed by atoms with Crippen LogP contribution in [0.3, 0.4) is 0 Å². The molecule has 114 valence electrons. The molecule has 8 nitrogen and oxygen atoms in total. The zero-order valence-electron chi connectivity index (χ0n) is 11.0. The van der Waals surface area contributed by atoms with E-state index in [9.17, 15) is 14.9 Å². The highest BCUT2D eigenvalue weighted by atomic mass is 35.5. The smallest absolute Gasteiger partial charge is 0.288 e. The maximum atomic E-state index is 11.3. The summed E-state index contributed by atoms with van der Waals surface area (Å²) < 4.78 is 10.9. The monoisotopic (exact) mass is 315 g/mol. The molecule has 0 radical (unpaired) electrons. The molecule has 1 aliphatic heterocycles. The SMILES string of the molecule is NNC(=O)C1CCC(COc2ccc([N+](=O)[O-])c(Cl)c2)O1. The van der Waals surface area contributed by atoms with E-state index in [0.717, 1.165) is 0 Å². The minimum atomic E-state index is -0.567. The Hall–Kier alpha value is -1.90. The van der Waals surface area contributed by atoms with Crippen LogP contribution in [0.2, 0.25) is 5.02 Å². The fourth-order valence-electron chi connectivity index (χ4n) is 2.03. The predicted octanol–water partition coefficient (Wildman–Crippen LogP) is 1.16. The van der Waals surface area contributed by atoms with Gasteiger partial charge in [0.2, 0.25) is 0 Å². The minimum absolute atomic E-state index is 0.00484. The molecule has 1 saturated heterocycles. The number of benzene rings is 1. The Balaban J connectivity index is 1.88. The van der Waals surface area contributed by atoms with Crippen LogP contribution in [0.5, 0.6) is 5.75 Å². The van der Waals surface area contributed by atoms with Crippen LogP contribution in [0.15, 0.2) is 18.2 Å². The highest BCUT2D eigenvalue weighted by Gasteiger charge is 2.30. The van der Waals surface area contributed by atoms with Crippen LogP contribution < -0.4 is 16.0 Å². The second-order valence-electron chi connectivity index (χ2n) is 4.51. The molecule has 0 aliphatic carbocycles. The van der Waals surface area contributed by atoms with Crippen molar-refractivity contribution in [3.05, 3.63) is 33.3 Å². The summed E-state index contributed by atoms with van der Waals surface area (Å²) in [7, 11) is 0. The molecular weight excluding hydrogens is 302 g/mol. The van der Waals surface area contributed by atoms with Crippen LogP contribution >= 0.6 is 11.6 Å². The van der Waals surface area contributed by atoms with Crippen molar-refractivity contribution in [3.8, 4) is 5.75 Å². The molecule has 2 atom stereocenters. The first-order chi connectivity index (χ1) is 10.0. The molecule has 9 heteroatoms. The van der Waals surface area contributed by atoms with Crippen LogP contribution in [0.25, 0.3) is 0 Å². The largest absolute Gasteiger partial charge is 0.491 e. The summed E-state index contributed by atoms with van der Waals surface area (Å²) in [5, 5.41) is 10.6. The van der Waals surface area contributed by atoms with Gasteiger partial charge >= 0.3 is 0 Å². The molecular formula is C12H14ClN3O5. The summed E-state index contributed by atoms with van der Waals surface area (Å²) in [4.78, 5) is 21.4. The molecule has 1 aromatic carbocycles. The number of carbonyl (C=O) groups is 1. The van der Waals surface area contributed by atoms with Gasteiger partial charge in [0.1, 0.15) is 23.5 Å². The van der Waals surface area contributed by atoms with E-state index in [1.165, 1.54) is 18.2 Å². The molecule has 1 aliphatic rings. The fraction of sp³-hybridized carbons (Fsp3) is 0.417. The third-order valence-electron chi connectivity index (χ3n) is 3.09. The van der Waals surface area contributed by atoms with E-state index in [1.54, 1.807) is 0 Å². The Morgan fingerprint density at radius 3 is 2.95 bits per heavy atom. The standard InChI is InChI=1S/C12H14ClN3O5/c13-9-5-7(1-3-10(9)16(18)19)20-6-8-2-4-11(21-8)12(17)15-14/h1,3,5,8,11H,2,4,6,14H2,(H,15,17). The maximum Gasteiger partial charge on any atom is 0.288 e. The molecule has 0 spiro atoms. The number of nitro benzene ring substituents is 1. The third kappa shape index (κ3) is 3.81. The Morgan fingerprint density at radius 1 is 1.57 bits per heavy atom. The lowest BCUT2D eigenvalue weighted by molar-refractivity contribution is -0.384. The average Bonchev–Trinajstić information content (AvgIpc) is 2.92. The van der Waals surface area contributed by atoms with Gasteiger partial charge in [0.25, 0.3) is 11.6 Å². The molecule has 1 amide bonds. The fourth-order valence-corrected chi connectivity index (χ4v) is 2.27. The van der Waals surface area contributed by atoms with Gasteiger partial charge in [-0.3, -0.25) is 20.3 Å². The van der Waals surface area contributed by atoms with Crippen molar-refractivity contribution in [1.82, 2.24) is 5.43 Å². The number of carbonyl (C=O) groups excluding carboxylic acids is 1. The summed E-state index contributed by atoms with van der Waals surface area (Å²) in [5.74, 6) is 5.08. The lowest BCUT2D eigenvalue weighted by Crippen LogP contribution is -2.39. The van der Waals surface area contributed by atoms with Gasteiger partial charge in [-0.25, -0.2) is 5.84 Å². The second kappa shape index (κ2) is 6.70. The van der Waals surface area contributed by atoms with E-state index in [4.69, 9.17) is 26.9 Å². The van der Waals surface area contributed by atoms with Gasteiger partial charge in [-0.1, -0.05) is 11.6 Å². The van der Waals surface area contributed by atoms with Crippen LogP contribution in [0, 0.1) is 10.1 Å². The molecule has 2 rings (SSSR count). The number of nitrogens with one attached hydrogen (secondary N) is 1. The van der Waals surface area contributed by atoms with E-state index < -0.39 is 11.0 Å². The van der Waals surface area contributed by atoms with Crippen LogP contribution in [0.4, 0.5) is 5.69 Å². The summed E-state index contributed by atoms with van der Waals surface area (Å²) in [6.07, 6.45) is 0.432. The normalized spacial score (nSPS) is 21.0. The quantitative estimate of drug-likeness (QED) is 0.364. The number of hydrogen-bond donors (Lipinski definition) is 2. The summed E-state index contributed by atoms with van der Waals surface area (Å²) in [5.41, 5.74) is 1.86. The van der Waals surface area contributed by atoms with E-state index in [0.29, 0.717) is 18.6 Å². The zero-order valence-corrected chi connectivity index (χ0v) is 11.7. The third-order valence-corrected chi connectivity index (χ3v) is 3.40. The molecule has 3 N–H and O–H groups in total. The maximum absolute atomic E-state index is 11.3. The topological polar surface area (TPSA) is 117 Å². The number of amides is 1. The average molecular weight is 316 g/mol. The van der Waals surface area contributed by atoms with Crippen LogP contribution in [-0.4, -0.2) is 29.6 Å². The Kier molecular flexibility index (Phi) is 4.94. The molecule has 1 aromatic rings. The molecule has 0 saturated carbocycles. The van der Waals surface area contributed by atoms with E-state index >= 15 is 0 Å². The van der Waals surface area contributed by atoms with Gasteiger partial charge in [-0.05, 0) is 18.9 Å². The van der Waals surface area contributed by atoms with Crippen molar-refractivity contribution in [3.63, 3.8) is 0 Å². The Morgan fingerprint density at radius 2 is 2.33 bits per heavy atom. The summed E-state index contributed by atoms with van der Waals surface area (Å²) >= 11 is 5.78. The molecule has 21 heavy (non-hydrogen) atoms. The number of ether oxygens (including phenoxy) is 2. The summed E-state index contributed by atoms with van der Waals surface area (Å²) in [6.45, 7) is 0.225. The van der Waals surface area contributed by atoms with Gasteiger partial charge < -0.3 is 9.47 Å². The molecule has 2 unspecified atom stereocenters. The van der Waals surface area contributed by atoms with Crippen molar-refractivity contribution in [2.75, 3.05) is 6.61 Å². The van der Waals surface area contributed by atoms with Gasteiger partial charge in [0, 0.05) is 12.1 Å². The van der Waals surface area contributed by atoms with Crippen molar-refractivity contribution >= 4 is 23.2 Å². The summed E-state index contributed by atoms with van der Waals surface area (Å²) in [6, 6.07) is 4.11. The van der Waals surface area contributed by atoms with Crippen molar-refractivity contribution in [2.45, 2.75) is 25.0 Å². The second-order valence-corrected chi connectivity index (χ2v) is 4.92. The number of hydrazine groups is 1. The van der Waals surface area contributed by atoms with E-state index in [2.05, 4.69) is 0 Å². The van der Waals surface area contributed by atoms with Crippen molar-refractivity contribution < 1.29 is 19.2 Å². The van der Waals surface area contributed by atoms with Crippen molar-refractivity contribution in [2.24, 2.45) is 5.84 Å². The number of nitrogens with two attached hydrogens (primary N) is 1. The molecule has 0 bridgehead atoms. The van der Waals surface area contributed by atoms with E-state index in [-0.39, 0.29) is 29.3 Å². The van der Waals surface area contributed by atoms with Gasteiger partial charge in [-0.15, -0.1) is 0 Å². The van der Waals surface area contributed by atoms with Crippen LogP contribution in [0.1, 0.15) is 12.8 Å². The predicted molar refractivity (Wildman–Crippen MR) is 73.8 cm³/mol. The highest BCUT2D eigenvalue weighted by molar-refractivity contribution is 6.32. The molecule has 0 aromatic heterocycles. The number of rotatable bonds is 5. The minimum Gasteiger partial charge on any atom is -0.491 e. The van der Waals surface area contributed by atoms with Gasteiger partial charge in [0.15, 0.2) is 0 Å². The van der Waals surface area contributed by atoms with E-state index in [1.807, 2.05) is 5.43 Å². The van der Waals surface area contributed by atoms with Gasteiger partial charge in [-0.2, -0.15) is 0 Å². The zero-order chi connectivity index (χ0) is 15.4. The first kappa shape index (κ1) is 15.5. The number of nitrogens with zero attached hydrogens (tertiary/aromatic N) is 1. The molecule has 1 heterocycles. The van der Waals surface area contributed by atoms with Crippen molar-refractivity contribution in [1.29, 1.82) is 0 Å². The highest BCUT2D eigenvalue weighted by Crippen LogP contribution is 2.29. The number of hydrogen-bond acceptors (Lipinski definition) is 6. The first-order valence-corrected chi connectivity index (χ1v) is 6.61. The molecule has 1 fully saturated rings. The lowest BCUT2D eigenvalue weighted by atomic mass is 10.2. The number of halogens is 1. The first-order valence-electron chi connectivity index (χ1n) is 6.24. The number of nitro groups is 1. The Labute approximate surface area is 125 Å².